The van der Waals surface area contributed by atoms with Gasteiger partial charge in [-0.05, 0) is 19.1 Å². The summed E-state index contributed by atoms with van der Waals surface area (Å²) in [5.74, 6) is 0. The Labute approximate surface area is 63.2 Å². The zero-order valence-electron chi connectivity index (χ0n) is 5.33. The maximum Gasteiger partial charge on any atom is 0.365 e. The predicted octanol–water partition coefficient (Wildman–Crippen LogP) is 1.82. The molecule has 3 nitrogen and oxygen atoms in total. The topological polar surface area (TPSA) is 46.5 Å². The van der Waals surface area contributed by atoms with E-state index >= 15 is 0 Å². The van der Waals surface area contributed by atoms with E-state index in [9.17, 15) is 4.57 Å². The number of hydrogen-bond acceptors (Lipinski definition) is 3. The molecule has 0 radical (unpaired) electrons. The Morgan fingerprint density at radius 1 is 1.70 bits per heavy atom. The average Bonchev–Trinajstić information content (AvgIpc) is 2.13. The standard InChI is InChI=1S/C5H7O3PS/c1-4-2-3-5(10-4)8-9(6)7/h2-3,9H,1H3,(H,6,7). The first-order valence-corrected chi connectivity index (χ1v) is 4.74. The van der Waals surface area contributed by atoms with Crippen LogP contribution in [-0.4, -0.2) is 4.89 Å². The highest BCUT2D eigenvalue weighted by molar-refractivity contribution is 7.33. The molecule has 0 bridgehead atoms. The highest BCUT2D eigenvalue weighted by atomic mass is 32.1. The molecule has 0 aliphatic heterocycles. The summed E-state index contributed by atoms with van der Waals surface area (Å²) in [4.78, 5) is 9.41. The highest BCUT2D eigenvalue weighted by Crippen LogP contribution is 2.29. The molecule has 0 aliphatic rings. The van der Waals surface area contributed by atoms with Gasteiger partial charge in [-0.15, -0.1) is 11.3 Å². The second-order valence-electron chi connectivity index (χ2n) is 1.73. The third-order valence-corrected chi connectivity index (χ3v) is 2.32. The van der Waals surface area contributed by atoms with Crippen LogP contribution in [0.2, 0.25) is 0 Å². The molecule has 1 atom stereocenters. The molecule has 0 saturated carbocycles. The molecule has 0 aromatic carbocycles. The normalized spacial score (nSPS) is 13.0. The summed E-state index contributed by atoms with van der Waals surface area (Å²) in [7, 11) is -2.81. The first-order valence-electron chi connectivity index (χ1n) is 2.65. The molecule has 0 spiro atoms. The summed E-state index contributed by atoms with van der Waals surface area (Å²) >= 11 is 1.36. The van der Waals surface area contributed by atoms with E-state index in [1.54, 1.807) is 6.07 Å². The van der Waals surface area contributed by atoms with Gasteiger partial charge in [0, 0.05) is 4.88 Å². The molecule has 1 unspecified atom stereocenters. The van der Waals surface area contributed by atoms with E-state index in [4.69, 9.17) is 4.89 Å². The molecule has 0 amide bonds. The Bertz CT molecular complexity index is 245. The minimum Gasteiger partial charge on any atom is -0.416 e. The summed E-state index contributed by atoms with van der Waals surface area (Å²) in [5.41, 5.74) is 0. The number of aryl methyl sites for hydroxylation is 1. The van der Waals surface area contributed by atoms with Gasteiger partial charge in [0.05, 0.1) is 0 Å². The van der Waals surface area contributed by atoms with E-state index in [0.717, 1.165) is 4.88 Å². The Morgan fingerprint density at radius 2 is 2.40 bits per heavy atom. The third-order valence-electron chi connectivity index (χ3n) is 0.904. The van der Waals surface area contributed by atoms with E-state index in [-0.39, 0.29) is 0 Å². The third kappa shape index (κ3) is 2.14. The second kappa shape index (κ2) is 3.19. The van der Waals surface area contributed by atoms with Crippen LogP contribution in [0.15, 0.2) is 12.1 Å². The van der Waals surface area contributed by atoms with Gasteiger partial charge in [0.1, 0.15) is 0 Å². The molecule has 1 rings (SSSR count). The van der Waals surface area contributed by atoms with Crippen molar-refractivity contribution in [2.75, 3.05) is 0 Å². The Morgan fingerprint density at radius 3 is 2.80 bits per heavy atom. The molecule has 10 heavy (non-hydrogen) atoms. The van der Waals surface area contributed by atoms with Gasteiger partial charge in [-0.2, -0.15) is 0 Å². The highest BCUT2D eigenvalue weighted by Gasteiger charge is 1.98. The van der Waals surface area contributed by atoms with E-state index < -0.39 is 8.25 Å². The molecule has 1 N–H and O–H groups in total. The quantitative estimate of drug-likeness (QED) is 0.702. The fourth-order valence-corrected chi connectivity index (χ4v) is 1.76. The van der Waals surface area contributed by atoms with Crippen LogP contribution < -0.4 is 4.52 Å². The first kappa shape index (κ1) is 7.79. The van der Waals surface area contributed by atoms with E-state index in [1.807, 2.05) is 13.0 Å². The smallest absolute Gasteiger partial charge is 0.365 e. The minimum absolute atomic E-state index is 0.504. The molecule has 1 aromatic rings. The van der Waals surface area contributed by atoms with Crippen molar-refractivity contribution in [3.8, 4) is 5.06 Å². The fraction of sp³-hybridized carbons (Fsp3) is 0.200. The van der Waals surface area contributed by atoms with Crippen molar-refractivity contribution in [3.63, 3.8) is 0 Å². The van der Waals surface area contributed by atoms with Crippen LogP contribution in [0.4, 0.5) is 0 Å². The van der Waals surface area contributed by atoms with Crippen LogP contribution in [0.1, 0.15) is 4.88 Å². The first-order chi connectivity index (χ1) is 4.68. The van der Waals surface area contributed by atoms with Crippen LogP contribution in [-0.2, 0) is 4.57 Å². The van der Waals surface area contributed by atoms with E-state index in [0.29, 0.717) is 5.06 Å². The van der Waals surface area contributed by atoms with Gasteiger partial charge in [-0.3, -0.25) is 0 Å². The summed E-state index contributed by atoms with van der Waals surface area (Å²) < 4.78 is 14.7. The second-order valence-corrected chi connectivity index (χ2v) is 3.72. The van der Waals surface area contributed by atoms with Crippen molar-refractivity contribution >= 4 is 19.6 Å². The van der Waals surface area contributed by atoms with Crippen LogP contribution in [0.5, 0.6) is 5.06 Å². The van der Waals surface area contributed by atoms with Gasteiger partial charge >= 0.3 is 8.25 Å². The van der Waals surface area contributed by atoms with Crippen LogP contribution in [0.25, 0.3) is 0 Å². The molecule has 0 aliphatic carbocycles. The lowest BCUT2D eigenvalue weighted by Crippen LogP contribution is -1.72. The van der Waals surface area contributed by atoms with Crippen molar-refractivity contribution in [1.29, 1.82) is 0 Å². The van der Waals surface area contributed by atoms with Crippen molar-refractivity contribution in [1.82, 2.24) is 0 Å². The van der Waals surface area contributed by atoms with Gasteiger partial charge in [0.25, 0.3) is 0 Å². The molecule has 5 heteroatoms. The molecular weight excluding hydrogens is 171 g/mol. The van der Waals surface area contributed by atoms with Crippen LogP contribution in [0.3, 0.4) is 0 Å². The number of hydrogen-bond donors (Lipinski definition) is 1. The average molecular weight is 178 g/mol. The molecule has 0 fully saturated rings. The van der Waals surface area contributed by atoms with E-state index in [1.165, 1.54) is 11.3 Å². The van der Waals surface area contributed by atoms with Crippen molar-refractivity contribution in [3.05, 3.63) is 17.0 Å². The monoisotopic (exact) mass is 178 g/mol. The Balaban J connectivity index is 2.67. The Hall–Kier alpha value is -0.310. The number of thiophene rings is 1. The largest absolute Gasteiger partial charge is 0.416 e. The molecule has 1 aromatic heterocycles. The maximum absolute atomic E-state index is 10.1. The van der Waals surface area contributed by atoms with Crippen LogP contribution >= 0.6 is 19.6 Å². The molecular formula is C5H7O3PS. The lowest BCUT2D eigenvalue weighted by atomic mass is 10.5. The fourth-order valence-electron chi connectivity index (χ4n) is 0.553. The molecule has 1 heterocycles. The lowest BCUT2D eigenvalue weighted by Gasteiger charge is -1.93. The minimum atomic E-state index is -2.81. The van der Waals surface area contributed by atoms with Gasteiger partial charge in [0.2, 0.25) is 0 Å². The zero-order valence-corrected chi connectivity index (χ0v) is 7.14. The summed E-state index contributed by atoms with van der Waals surface area (Å²) in [5, 5.41) is 0.504. The maximum atomic E-state index is 10.1. The lowest BCUT2D eigenvalue weighted by molar-refractivity contribution is 0.415. The Kier molecular flexibility index (Phi) is 2.49. The zero-order chi connectivity index (χ0) is 7.56. The van der Waals surface area contributed by atoms with Crippen LogP contribution in [0, 0.1) is 6.92 Å². The summed E-state index contributed by atoms with van der Waals surface area (Å²) in [6.07, 6.45) is 0. The predicted molar refractivity (Wildman–Crippen MR) is 40.9 cm³/mol. The van der Waals surface area contributed by atoms with Crippen molar-refractivity contribution in [2.24, 2.45) is 0 Å². The molecule has 56 valence electrons. The summed E-state index contributed by atoms with van der Waals surface area (Å²) in [6.45, 7) is 1.91. The van der Waals surface area contributed by atoms with Crippen molar-refractivity contribution < 1.29 is 14.0 Å². The van der Waals surface area contributed by atoms with Gasteiger partial charge in [0.15, 0.2) is 5.06 Å². The molecule has 0 saturated heterocycles. The van der Waals surface area contributed by atoms with Gasteiger partial charge < -0.3 is 9.42 Å². The van der Waals surface area contributed by atoms with Gasteiger partial charge in [-0.1, -0.05) is 0 Å². The van der Waals surface area contributed by atoms with Crippen molar-refractivity contribution in [2.45, 2.75) is 6.92 Å². The summed E-state index contributed by atoms with van der Waals surface area (Å²) in [6, 6.07) is 3.52. The SMILES string of the molecule is Cc1ccc(O[PH](=O)O)s1. The van der Waals surface area contributed by atoms with E-state index in [2.05, 4.69) is 4.52 Å². The van der Waals surface area contributed by atoms with Gasteiger partial charge in [-0.25, -0.2) is 4.57 Å². The number of rotatable bonds is 2.